The lowest BCUT2D eigenvalue weighted by Gasteiger charge is -2.16. The zero-order valence-corrected chi connectivity index (χ0v) is 9.06. The van der Waals surface area contributed by atoms with Crippen molar-refractivity contribution in [2.24, 2.45) is 5.14 Å². The molecule has 1 aromatic heterocycles. The van der Waals surface area contributed by atoms with E-state index in [1.807, 2.05) is 0 Å². The quantitative estimate of drug-likeness (QED) is 0.572. The molecule has 6 nitrogen and oxygen atoms in total. The summed E-state index contributed by atoms with van der Waals surface area (Å²) in [6, 6.07) is 0. The predicted molar refractivity (Wildman–Crippen MR) is 52.1 cm³/mol. The van der Waals surface area contributed by atoms with E-state index in [-0.39, 0.29) is 9.22 Å². The highest BCUT2D eigenvalue weighted by Crippen LogP contribution is 2.26. The third kappa shape index (κ3) is 2.28. The molecule has 0 amide bonds. The normalized spacial score (nSPS) is 20.0. The first-order valence-corrected chi connectivity index (χ1v) is 6.07. The van der Waals surface area contributed by atoms with Crippen molar-refractivity contribution in [1.29, 1.82) is 4.78 Å². The number of hydrogen-bond acceptors (Lipinski definition) is 6. The first-order chi connectivity index (χ1) is 6.27. The summed E-state index contributed by atoms with van der Waals surface area (Å²) < 4.78 is 18.3. The van der Waals surface area contributed by atoms with Gasteiger partial charge in [-0.2, -0.15) is 0 Å². The van der Waals surface area contributed by atoms with E-state index in [0.29, 0.717) is 0 Å². The molecule has 0 radical (unpaired) electrons. The van der Waals surface area contributed by atoms with Crippen molar-refractivity contribution < 1.29 is 14.4 Å². The van der Waals surface area contributed by atoms with E-state index in [2.05, 4.69) is 4.98 Å². The van der Waals surface area contributed by atoms with Crippen molar-refractivity contribution >= 4 is 21.3 Å². The van der Waals surface area contributed by atoms with Crippen LogP contribution in [0.3, 0.4) is 0 Å². The average molecular weight is 237 g/mol. The number of rotatable bonds is 3. The summed E-state index contributed by atoms with van der Waals surface area (Å²) in [6.07, 6.45) is 1.18. The van der Waals surface area contributed by atoms with E-state index < -0.39 is 22.1 Å². The Labute approximate surface area is 85.5 Å². The molecule has 0 aliphatic heterocycles. The Morgan fingerprint density at radius 3 is 2.79 bits per heavy atom. The van der Waals surface area contributed by atoms with E-state index in [4.69, 9.17) is 15.0 Å². The minimum atomic E-state index is -3.29. The summed E-state index contributed by atoms with van der Waals surface area (Å²) in [4.78, 5) is 3.75. The molecule has 1 unspecified atom stereocenters. The van der Waals surface area contributed by atoms with Crippen LogP contribution in [0.1, 0.15) is 11.9 Å². The maximum atomic E-state index is 11.1. The van der Waals surface area contributed by atoms with Crippen molar-refractivity contribution in [3.8, 4) is 0 Å². The molecule has 5 N–H and O–H groups in total. The number of hydrogen-bond donors (Lipinski definition) is 4. The monoisotopic (exact) mass is 237 g/mol. The Hall–Kier alpha value is -0.540. The van der Waals surface area contributed by atoms with Gasteiger partial charge in [0.15, 0.2) is 0 Å². The Kier molecular flexibility index (Phi) is 2.93. The van der Waals surface area contributed by atoms with Crippen LogP contribution in [-0.4, -0.2) is 26.0 Å². The van der Waals surface area contributed by atoms with Crippen molar-refractivity contribution in [2.75, 3.05) is 6.61 Å². The van der Waals surface area contributed by atoms with E-state index >= 15 is 0 Å². The topological polar surface area (TPSA) is 120 Å². The Balaban J connectivity index is 3.13. The maximum absolute atomic E-state index is 11.1. The predicted octanol–water partition coefficient (Wildman–Crippen LogP) is -0.378. The zero-order chi connectivity index (χ0) is 11.0. The number of aliphatic hydroxyl groups is 2. The van der Waals surface area contributed by atoms with Crippen LogP contribution in [0.5, 0.6) is 0 Å². The standard InChI is InChI=1S/C6H11N3O3S2/c1-6(11,3-10)5-9-2-4(13-5)14(7,8)12/h2,10-11H,3H2,1H3,(H3,7,8,12)/t6-/m0/s1. The second-order valence-electron chi connectivity index (χ2n) is 3.02. The van der Waals surface area contributed by atoms with Gasteiger partial charge in [-0.05, 0) is 6.92 Å². The summed E-state index contributed by atoms with van der Waals surface area (Å²) in [5, 5.41) is 23.7. The molecule has 8 heteroatoms. The average Bonchev–Trinajstić information content (AvgIpc) is 2.51. The first-order valence-electron chi connectivity index (χ1n) is 3.63. The van der Waals surface area contributed by atoms with E-state index in [0.717, 1.165) is 11.3 Å². The number of nitrogens with zero attached hydrogens (tertiary/aromatic N) is 1. The molecule has 0 aliphatic carbocycles. The summed E-state index contributed by atoms with van der Waals surface area (Å²) in [5.74, 6) is 0. The number of nitrogens with two attached hydrogens (primary N) is 1. The van der Waals surface area contributed by atoms with Gasteiger partial charge in [0.2, 0.25) is 0 Å². The van der Waals surface area contributed by atoms with Crippen LogP contribution in [-0.2, 0) is 15.5 Å². The van der Waals surface area contributed by atoms with Gasteiger partial charge >= 0.3 is 0 Å². The highest BCUT2D eigenvalue weighted by atomic mass is 32.2. The van der Waals surface area contributed by atoms with Crippen molar-refractivity contribution in [1.82, 2.24) is 4.98 Å². The molecule has 1 aromatic rings. The molecule has 2 atom stereocenters. The lowest BCUT2D eigenvalue weighted by molar-refractivity contribution is -0.00244. The lowest BCUT2D eigenvalue weighted by atomic mass is 10.1. The van der Waals surface area contributed by atoms with Crippen LogP contribution < -0.4 is 5.14 Å². The SMILES string of the molecule is C[C@](O)(CO)c1ncc(S(=N)(N)=O)s1. The number of aromatic nitrogens is 1. The number of aliphatic hydroxyl groups excluding tert-OH is 1. The van der Waals surface area contributed by atoms with Crippen molar-refractivity contribution in [3.63, 3.8) is 0 Å². The van der Waals surface area contributed by atoms with Crippen LogP contribution in [0.4, 0.5) is 0 Å². The van der Waals surface area contributed by atoms with Gasteiger partial charge in [0, 0.05) is 0 Å². The van der Waals surface area contributed by atoms with E-state index in [9.17, 15) is 9.32 Å². The second kappa shape index (κ2) is 3.55. The Bertz CT molecular complexity index is 423. The second-order valence-corrected chi connectivity index (χ2v) is 5.95. The van der Waals surface area contributed by atoms with Gasteiger partial charge in [0.1, 0.15) is 24.7 Å². The molecule has 0 aromatic carbocycles. The summed E-state index contributed by atoms with van der Waals surface area (Å²) in [5.41, 5.74) is -1.48. The van der Waals surface area contributed by atoms with E-state index in [1.165, 1.54) is 13.1 Å². The molecule has 0 fully saturated rings. The summed E-state index contributed by atoms with van der Waals surface area (Å²) in [6.45, 7) is 0.877. The van der Waals surface area contributed by atoms with Crippen LogP contribution >= 0.6 is 11.3 Å². The number of thiazole rings is 1. The maximum Gasteiger partial charge on any atom is 0.143 e. The fourth-order valence-electron chi connectivity index (χ4n) is 0.716. The summed E-state index contributed by atoms with van der Waals surface area (Å²) in [7, 11) is -3.29. The van der Waals surface area contributed by atoms with Gasteiger partial charge in [-0.3, -0.25) is 0 Å². The molecule has 0 saturated heterocycles. The molecule has 0 bridgehead atoms. The first kappa shape index (κ1) is 11.5. The Morgan fingerprint density at radius 2 is 2.43 bits per heavy atom. The van der Waals surface area contributed by atoms with Gasteiger partial charge in [-0.25, -0.2) is 19.1 Å². The van der Waals surface area contributed by atoms with Gasteiger partial charge in [0.25, 0.3) is 0 Å². The molecular weight excluding hydrogens is 226 g/mol. The minimum absolute atomic E-state index is 0.0845. The minimum Gasteiger partial charge on any atom is -0.393 e. The number of nitrogens with one attached hydrogen (secondary N) is 1. The van der Waals surface area contributed by atoms with Crippen LogP contribution in [0.2, 0.25) is 0 Å². The smallest absolute Gasteiger partial charge is 0.143 e. The van der Waals surface area contributed by atoms with Crippen LogP contribution in [0.15, 0.2) is 10.4 Å². The van der Waals surface area contributed by atoms with Gasteiger partial charge in [-0.15, -0.1) is 11.3 Å². The lowest BCUT2D eigenvalue weighted by Crippen LogP contribution is -2.25. The van der Waals surface area contributed by atoms with E-state index in [1.54, 1.807) is 0 Å². The molecule has 1 rings (SSSR count). The summed E-state index contributed by atoms with van der Waals surface area (Å²) >= 11 is 0.862. The molecule has 0 spiro atoms. The zero-order valence-electron chi connectivity index (χ0n) is 7.43. The van der Waals surface area contributed by atoms with Gasteiger partial charge in [0.05, 0.1) is 12.8 Å². The van der Waals surface area contributed by atoms with Crippen LogP contribution in [0, 0.1) is 4.78 Å². The van der Waals surface area contributed by atoms with Gasteiger partial charge < -0.3 is 10.2 Å². The van der Waals surface area contributed by atoms with Gasteiger partial charge in [-0.1, -0.05) is 0 Å². The highest BCUT2D eigenvalue weighted by molar-refractivity contribution is 7.92. The highest BCUT2D eigenvalue weighted by Gasteiger charge is 2.26. The molecular formula is C6H11N3O3S2. The van der Waals surface area contributed by atoms with Crippen molar-refractivity contribution in [3.05, 3.63) is 11.2 Å². The Morgan fingerprint density at radius 1 is 1.86 bits per heavy atom. The van der Waals surface area contributed by atoms with Crippen molar-refractivity contribution in [2.45, 2.75) is 16.7 Å². The third-order valence-electron chi connectivity index (χ3n) is 1.55. The molecule has 0 aliphatic rings. The largest absolute Gasteiger partial charge is 0.393 e. The molecule has 0 saturated carbocycles. The fourth-order valence-corrected chi connectivity index (χ4v) is 2.34. The van der Waals surface area contributed by atoms with Crippen LogP contribution in [0.25, 0.3) is 0 Å². The molecule has 14 heavy (non-hydrogen) atoms. The molecule has 80 valence electrons. The third-order valence-corrected chi connectivity index (χ3v) is 4.29. The molecule has 1 heterocycles. The fraction of sp³-hybridized carbons (Fsp3) is 0.500.